The number of rotatable bonds is 5. The topological polar surface area (TPSA) is 46.5 Å². The van der Waals surface area contributed by atoms with E-state index in [0.29, 0.717) is 5.56 Å². The van der Waals surface area contributed by atoms with Crippen LogP contribution in [0.5, 0.6) is 0 Å². The molecule has 0 aliphatic heterocycles. The van der Waals surface area contributed by atoms with Gasteiger partial charge in [0.05, 0.1) is 12.7 Å². The van der Waals surface area contributed by atoms with Crippen molar-refractivity contribution in [1.82, 2.24) is 0 Å². The molecule has 1 rings (SSSR count). The second-order valence-corrected chi connectivity index (χ2v) is 6.32. The van der Waals surface area contributed by atoms with E-state index in [9.17, 15) is 9.90 Å². The average molecular weight is 302 g/mol. The minimum absolute atomic E-state index is 0.0343. The third kappa shape index (κ3) is 5.18. The molecule has 0 amide bonds. The number of hydrogen-bond donors (Lipinski definition) is 1. The minimum Gasteiger partial charge on any atom is -0.465 e. The van der Waals surface area contributed by atoms with Crippen LogP contribution >= 0.6 is 0 Å². The fourth-order valence-corrected chi connectivity index (χ4v) is 1.82. The zero-order valence-electron chi connectivity index (χ0n) is 14.1. The summed E-state index contributed by atoms with van der Waals surface area (Å²) in [7, 11) is 0. The van der Waals surface area contributed by atoms with Gasteiger partial charge in [0.2, 0.25) is 0 Å². The minimum atomic E-state index is -0.944. The van der Waals surface area contributed by atoms with Gasteiger partial charge in [-0.2, -0.15) is 0 Å². The van der Waals surface area contributed by atoms with Crippen molar-refractivity contribution in [1.29, 1.82) is 0 Å². The maximum atomic E-state index is 12.2. The van der Waals surface area contributed by atoms with Crippen LogP contribution in [0.15, 0.2) is 47.7 Å². The summed E-state index contributed by atoms with van der Waals surface area (Å²) in [6, 6.07) is 9.13. The normalized spacial score (nSPS) is 13.7. The molecule has 120 valence electrons. The monoisotopic (exact) mass is 302 g/mol. The second kappa shape index (κ2) is 7.98. The van der Waals surface area contributed by atoms with Crippen LogP contribution in [0.1, 0.15) is 46.3 Å². The van der Waals surface area contributed by atoms with Crippen LogP contribution < -0.4 is 0 Å². The van der Waals surface area contributed by atoms with Gasteiger partial charge in [-0.3, -0.25) is 4.79 Å². The molecule has 0 radical (unpaired) electrons. The average Bonchev–Trinajstić information content (AvgIpc) is 2.47. The first-order valence-electron chi connectivity index (χ1n) is 7.61. The van der Waals surface area contributed by atoms with Gasteiger partial charge in [-0.15, -0.1) is 5.73 Å². The first-order chi connectivity index (χ1) is 10.3. The van der Waals surface area contributed by atoms with Crippen LogP contribution in [0, 0.1) is 11.3 Å². The van der Waals surface area contributed by atoms with Gasteiger partial charge in [-0.05, 0) is 36.5 Å². The van der Waals surface area contributed by atoms with Gasteiger partial charge < -0.3 is 9.84 Å². The highest BCUT2D eigenvalue weighted by molar-refractivity contribution is 5.75. The van der Waals surface area contributed by atoms with Gasteiger partial charge in [-0.1, -0.05) is 51.1 Å². The predicted octanol–water partition coefficient (Wildman–Crippen LogP) is 4.05. The Labute approximate surface area is 133 Å². The number of carbonyl (C=O) groups is 1. The molecule has 3 heteroatoms. The third-order valence-corrected chi connectivity index (χ3v) is 3.64. The summed E-state index contributed by atoms with van der Waals surface area (Å²) in [4.78, 5) is 12.2. The molecule has 0 heterocycles. The van der Waals surface area contributed by atoms with Crippen LogP contribution in [-0.4, -0.2) is 17.7 Å². The van der Waals surface area contributed by atoms with E-state index in [-0.39, 0.29) is 12.0 Å². The van der Waals surface area contributed by atoms with Crippen molar-refractivity contribution >= 4 is 5.97 Å². The molecule has 0 aromatic heterocycles. The van der Waals surface area contributed by atoms with Crippen molar-refractivity contribution in [3.63, 3.8) is 0 Å². The number of aliphatic hydroxyl groups excluding tert-OH is 1. The number of aliphatic hydroxyl groups is 1. The van der Waals surface area contributed by atoms with Crippen molar-refractivity contribution < 1.29 is 14.6 Å². The summed E-state index contributed by atoms with van der Waals surface area (Å²) in [5, 5.41) is 10.5. The Morgan fingerprint density at radius 3 is 2.41 bits per heavy atom. The number of benzene rings is 1. The molecule has 0 fully saturated rings. The van der Waals surface area contributed by atoms with Gasteiger partial charge in [-0.25, -0.2) is 0 Å². The third-order valence-electron chi connectivity index (χ3n) is 3.64. The summed E-state index contributed by atoms with van der Waals surface area (Å²) in [6.07, 6.45) is 0.677. The molecule has 1 aromatic carbocycles. The van der Waals surface area contributed by atoms with E-state index in [0.717, 1.165) is 5.57 Å². The summed E-state index contributed by atoms with van der Waals surface area (Å²) in [6.45, 7) is 10.2. The molecule has 3 nitrogen and oxygen atoms in total. The Balaban J connectivity index is 3.15. The zero-order valence-corrected chi connectivity index (χ0v) is 14.1. The van der Waals surface area contributed by atoms with Crippen molar-refractivity contribution in [2.75, 3.05) is 6.61 Å². The fourth-order valence-electron chi connectivity index (χ4n) is 1.82. The Morgan fingerprint density at radius 2 is 1.91 bits per heavy atom. The maximum absolute atomic E-state index is 12.2. The Bertz CT molecular complexity index is 546. The van der Waals surface area contributed by atoms with E-state index in [1.54, 1.807) is 25.1 Å². The molecule has 0 saturated heterocycles. The second-order valence-electron chi connectivity index (χ2n) is 6.32. The Hall–Kier alpha value is -1.83. The highest BCUT2D eigenvalue weighted by Gasteiger charge is 2.27. The lowest BCUT2D eigenvalue weighted by Gasteiger charge is -2.19. The van der Waals surface area contributed by atoms with Gasteiger partial charge in [0.15, 0.2) is 0 Å². The van der Waals surface area contributed by atoms with E-state index in [2.05, 4.69) is 26.5 Å². The van der Waals surface area contributed by atoms with Crippen LogP contribution in [0.2, 0.25) is 0 Å². The summed E-state index contributed by atoms with van der Waals surface area (Å²) < 4.78 is 5.09. The predicted molar refractivity (Wildman–Crippen MR) is 88.2 cm³/mol. The van der Waals surface area contributed by atoms with E-state index in [1.165, 1.54) is 0 Å². The lowest BCUT2D eigenvalue weighted by Crippen LogP contribution is -2.23. The van der Waals surface area contributed by atoms with Crippen LogP contribution in [0.25, 0.3) is 0 Å². The quantitative estimate of drug-likeness (QED) is 0.659. The molecule has 1 N–H and O–H groups in total. The van der Waals surface area contributed by atoms with E-state index in [1.807, 2.05) is 25.1 Å². The van der Waals surface area contributed by atoms with E-state index >= 15 is 0 Å². The molecule has 0 aliphatic rings. The summed E-state index contributed by atoms with van der Waals surface area (Å²) in [5.74, 6) is -1.20. The highest BCUT2D eigenvalue weighted by atomic mass is 16.5. The summed E-state index contributed by atoms with van der Waals surface area (Å²) in [5.41, 5.74) is 4.81. The largest absolute Gasteiger partial charge is 0.465 e. The molecule has 0 spiro atoms. The van der Waals surface area contributed by atoms with Gasteiger partial charge in [0.25, 0.3) is 0 Å². The number of esters is 1. The Morgan fingerprint density at radius 1 is 1.32 bits per heavy atom. The van der Waals surface area contributed by atoms with Gasteiger partial charge in [0, 0.05) is 0 Å². The smallest absolute Gasteiger partial charge is 0.316 e. The molecule has 0 bridgehead atoms. The van der Waals surface area contributed by atoms with Crippen molar-refractivity contribution in [2.45, 2.75) is 40.7 Å². The molecular formula is C19H26O3. The molecule has 0 saturated carbocycles. The van der Waals surface area contributed by atoms with E-state index < -0.39 is 18.0 Å². The van der Waals surface area contributed by atoms with Crippen LogP contribution in [-0.2, 0) is 9.53 Å². The van der Waals surface area contributed by atoms with Crippen molar-refractivity contribution in [2.24, 2.45) is 11.3 Å². The van der Waals surface area contributed by atoms with E-state index in [4.69, 9.17) is 4.74 Å². The SMILES string of the molecule is CCOC(=O)[C@@H](C=C=C(C)C(C)(C)C)[C@H](O)c1ccccc1. The summed E-state index contributed by atoms with van der Waals surface area (Å²) >= 11 is 0. The first kappa shape index (κ1) is 18.2. The number of ether oxygens (including phenoxy) is 1. The fraction of sp³-hybridized carbons (Fsp3) is 0.474. The maximum Gasteiger partial charge on any atom is 0.316 e. The van der Waals surface area contributed by atoms with Crippen molar-refractivity contribution in [3.8, 4) is 0 Å². The molecule has 2 atom stereocenters. The zero-order chi connectivity index (χ0) is 16.8. The Kier molecular flexibility index (Phi) is 6.61. The van der Waals surface area contributed by atoms with Crippen LogP contribution in [0.3, 0.4) is 0 Å². The number of carbonyl (C=O) groups excluding carboxylic acids is 1. The molecular weight excluding hydrogens is 276 g/mol. The number of hydrogen-bond acceptors (Lipinski definition) is 3. The van der Waals surface area contributed by atoms with Crippen LogP contribution in [0.4, 0.5) is 0 Å². The lowest BCUT2D eigenvalue weighted by molar-refractivity contribution is -0.149. The van der Waals surface area contributed by atoms with Gasteiger partial charge >= 0.3 is 5.97 Å². The van der Waals surface area contributed by atoms with Crippen molar-refractivity contribution in [3.05, 3.63) is 53.3 Å². The molecule has 22 heavy (non-hydrogen) atoms. The standard InChI is InChI=1S/C19H26O3/c1-6-22-18(21)16(13-12-14(2)19(3,4)5)17(20)15-10-8-7-9-11-15/h7-11,13,16-17,20H,6H2,1-5H3/t12?,16-,17+/m0/s1. The molecule has 0 aliphatic carbocycles. The lowest BCUT2D eigenvalue weighted by atomic mass is 9.87. The first-order valence-corrected chi connectivity index (χ1v) is 7.61. The van der Waals surface area contributed by atoms with Gasteiger partial charge in [0.1, 0.15) is 5.92 Å². The molecule has 1 aromatic rings. The highest BCUT2D eigenvalue weighted by Crippen LogP contribution is 2.26. The molecule has 0 unspecified atom stereocenters.